The molecule has 0 saturated heterocycles. The Kier molecular flexibility index (Phi) is 5.67. The van der Waals surface area contributed by atoms with Gasteiger partial charge in [-0.25, -0.2) is 0 Å². The maximum absolute atomic E-state index is 12.8. The average Bonchev–Trinajstić information content (AvgIpc) is 2.74. The average molecular weight is 358 g/mol. The number of nitrogens with one attached hydrogen (secondary N) is 1. The lowest BCUT2D eigenvalue weighted by molar-refractivity contribution is 0.0742. The van der Waals surface area contributed by atoms with Gasteiger partial charge >= 0.3 is 0 Å². The van der Waals surface area contributed by atoms with Crippen molar-refractivity contribution in [3.63, 3.8) is 0 Å². The number of benzene rings is 3. The van der Waals surface area contributed by atoms with Crippen LogP contribution in [0.15, 0.2) is 84.9 Å². The van der Waals surface area contributed by atoms with E-state index in [9.17, 15) is 9.59 Å². The molecule has 1 N–H and O–H groups in total. The Morgan fingerprint density at radius 2 is 1.33 bits per heavy atom. The van der Waals surface area contributed by atoms with Gasteiger partial charge in [0.05, 0.1) is 6.04 Å². The predicted octanol–water partition coefficient (Wildman–Crippen LogP) is 4.77. The second-order valence-electron chi connectivity index (χ2n) is 6.40. The van der Waals surface area contributed by atoms with E-state index in [-0.39, 0.29) is 17.9 Å². The Hall–Kier alpha value is -3.40. The van der Waals surface area contributed by atoms with Crippen LogP contribution in [0, 0.1) is 0 Å². The van der Waals surface area contributed by atoms with Crippen molar-refractivity contribution in [2.45, 2.75) is 13.0 Å². The molecular formula is C23H22N2O2. The highest BCUT2D eigenvalue weighted by Crippen LogP contribution is 2.21. The molecule has 27 heavy (non-hydrogen) atoms. The van der Waals surface area contributed by atoms with Crippen LogP contribution in [0.4, 0.5) is 5.69 Å². The van der Waals surface area contributed by atoms with E-state index in [0.717, 1.165) is 5.56 Å². The molecule has 0 spiro atoms. The minimum absolute atomic E-state index is 0.0313. The monoisotopic (exact) mass is 358 g/mol. The Labute approximate surface area is 159 Å². The van der Waals surface area contributed by atoms with Gasteiger partial charge in [0, 0.05) is 23.9 Å². The zero-order chi connectivity index (χ0) is 19.2. The van der Waals surface area contributed by atoms with E-state index < -0.39 is 0 Å². The van der Waals surface area contributed by atoms with Crippen molar-refractivity contribution in [3.05, 3.63) is 102 Å². The number of anilines is 1. The van der Waals surface area contributed by atoms with E-state index in [4.69, 9.17) is 0 Å². The molecule has 2 amide bonds. The molecule has 4 heteroatoms. The van der Waals surface area contributed by atoms with Crippen molar-refractivity contribution >= 4 is 17.5 Å². The molecule has 0 fully saturated rings. The molecule has 0 saturated carbocycles. The summed E-state index contributed by atoms with van der Waals surface area (Å²) in [5.74, 6) is -0.239. The van der Waals surface area contributed by atoms with Gasteiger partial charge in [-0.15, -0.1) is 0 Å². The molecule has 3 rings (SSSR count). The summed E-state index contributed by atoms with van der Waals surface area (Å²) < 4.78 is 0. The third-order valence-electron chi connectivity index (χ3n) is 4.61. The topological polar surface area (TPSA) is 49.4 Å². The first-order valence-corrected chi connectivity index (χ1v) is 8.85. The van der Waals surface area contributed by atoms with E-state index in [1.165, 1.54) is 0 Å². The summed E-state index contributed by atoms with van der Waals surface area (Å²) in [6.45, 7) is 2.00. The van der Waals surface area contributed by atoms with Crippen molar-refractivity contribution in [1.29, 1.82) is 0 Å². The normalized spacial score (nSPS) is 11.5. The van der Waals surface area contributed by atoms with Gasteiger partial charge in [-0.05, 0) is 48.9 Å². The molecule has 3 aromatic carbocycles. The Morgan fingerprint density at radius 1 is 0.778 bits per heavy atom. The first-order valence-electron chi connectivity index (χ1n) is 8.85. The molecule has 0 aliphatic rings. The number of carbonyl (C=O) groups is 2. The molecule has 0 bridgehead atoms. The predicted molar refractivity (Wildman–Crippen MR) is 108 cm³/mol. The second kappa shape index (κ2) is 8.32. The number of amides is 2. The van der Waals surface area contributed by atoms with Gasteiger partial charge in [-0.3, -0.25) is 9.59 Å². The van der Waals surface area contributed by atoms with Crippen LogP contribution in [0.25, 0.3) is 0 Å². The van der Waals surface area contributed by atoms with Gasteiger partial charge < -0.3 is 10.2 Å². The molecule has 1 atom stereocenters. The molecule has 136 valence electrons. The molecule has 0 aliphatic heterocycles. The lowest BCUT2D eigenvalue weighted by Gasteiger charge is -2.25. The third kappa shape index (κ3) is 4.42. The van der Waals surface area contributed by atoms with Crippen LogP contribution < -0.4 is 5.32 Å². The Bertz CT molecular complexity index is 906. The van der Waals surface area contributed by atoms with Gasteiger partial charge in [-0.1, -0.05) is 48.5 Å². The molecule has 3 aromatic rings. The van der Waals surface area contributed by atoms with Gasteiger partial charge in [0.1, 0.15) is 0 Å². The zero-order valence-corrected chi connectivity index (χ0v) is 15.4. The van der Waals surface area contributed by atoms with Gasteiger partial charge in [-0.2, -0.15) is 0 Å². The van der Waals surface area contributed by atoms with Crippen LogP contribution in [0.1, 0.15) is 39.2 Å². The third-order valence-corrected chi connectivity index (χ3v) is 4.61. The highest BCUT2D eigenvalue weighted by molar-refractivity contribution is 6.04. The van der Waals surface area contributed by atoms with Crippen LogP contribution in [0.3, 0.4) is 0 Å². The molecule has 4 nitrogen and oxygen atoms in total. The van der Waals surface area contributed by atoms with Crippen LogP contribution in [-0.2, 0) is 0 Å². The summed E-state index contributed by atoms with van der Waals surface area (Å²) >= 11 is 0. The van der Waals surface area contributed by atoms with E-state index in [1.807, 2.05) is 55.5 Å². The smallest absolute Gasteiger partial charge is 0.255 e. The highest BCUT2D eigenvalue weighted by Gasteiger charge is 2.18. The van der Waals surface area contributed by atoms with Gasteiger partial charge in [0.2, 0.25) is 0 Å². The fourth-order valence-electron chi connectivity index (χ4n) is 2.82. The molecule has 0 aromatic heterocycles. The number of hydrogen-bond donors (Lipinski definition) is 1. The first kappa shape index (κ1) is 18.4. The van der Waals surface area contributed by atoms with E-state index in [0.29, 0.717) is 16.8 Å². The van der Waals surface area contributed by atoms with Crippen molar-refractivity contribution in [2.75, 3.05) is 12.4 Å². The highest BCUT2D eigenvalue weighted by atomic mass is 16.2. The quantitative estimate of drug-likeness (QED) is 0.714. The minimum Gasteiger partial charge on any atom is -0.335 e. The number of carbonyl (C=O) groups excluding carboxylic acids is 2. The maximum atomic E-state index is 12.8. The summed E-state index contributed by atoms with van der Waals surface area (Å²) in [4.78, 5) is 26.7. The number of rotatable bonds is 5. The van der Waals surface area contributed by atoms with E-state index in [2.05, 4.69) is 5.32 Å². The van der Waals surface area contributed by atoms with Crippen LogP contribution in [0.5, 0.6) is 0 Å². The fraction of sp³-hybridized carbons (Fsp3) is 0.130. The van der Waals surface area contributed by atoms with Gasteiger partial charge in [0.15, 0.2) is 0 Å². The molecule has 0 radical (unpaired) electrons. The van der Waals surface area contributed by atoms with E-state index >= 15 is 0 Å². The van der Waals surface area contributed by atoms with Crippen molar-refractivity contribution in [2.24, 2.45) is 0 Å². The molecule has 0 heterocycles. The Balaban J connectivity index is 1.67. The summed E-state index contributed by atoms with van der Waals surface area (Å²) in [6, 6.07) is 25.9. The van der Waals surface area contributed by atoms with Gasteiger partial charge in [0.25, 0.3) is 11.8 Å². The van der Waals surface area contributed by atoms with Crippen molar-refractivity contribution in [1.82, 2.24) is 4.90 Å². The maximum Gasteiger partial charge on any atom is 0.255 e. The summed E-state index contributed by atoms with van der Waals surface area (Å²) in [5, 5.41) is 2.84. The molecule has 1 unspecified atom stereocenters. The SMILES string of the molecule is CC(c1ccccc1)N(C)C(=O)c1ccc(NC(=O)c2ccccc2)cc1. The minimum atomic E-state index is -0.176. The zero-order valence-electron chi connectivity index (χ0n) is 15.4. The summed E-state index contributed by atoms with van der Waals surface area (Å²) in [6.07, 6.45) is 0. The van der Waals surface area contributed by atoms with Crippen molar-refractivity contribution in [3.8, 4) is 0 Å². The molecule has 0 aliphatic carbocycles. The standard InChI is InChI=1S/C23H22N2O2/c1-17(18-9-5-3-6-10-18)25(2)23(27)20-13-15-21(16-14-20)24-22(26)19-11-7-4-8-12-19/h3-17H,1-2H3,(H,24,26). The lowest BCUT2D eigenvalue weighted by Crippen LogP contribution is -2.29. The summed E-state index contributed by atoms with van der Waals surface area (Å²) in [5.41, 5.74) is 2.91. The largest absolute Gasteiger partial charge is 0.335 e. The lowest BCUT2D eigenvalue weighted by atomic mass is 10.1. The van der Waals surface area contributed by atoms with Crippen LogP contribution in [-0.4, -0.2) is 23.8 Å². The first-order chi connectivity index (χ1) is 13.1. The summed E-state index contributed by atoms with van der Waals surface area (Å²) in [7, 11) is 1.80. The van der Waals surface area contributed by atoms with Crippen molar-refractivity contribution < 1.29 is 9.59 Å². The Morgan fingerprint density at radius 3 is 1.93 bits per heavy atom. The van der Waals surface area contributed by atoms with Crippen LogP contribution in [0.2, 0.25) is 0 Å². The fourth-order valence-corrected chi connectivity index (χ4v) is 2.82. The number of hydrogen-bond acceptors (Lipinski definition) is 2. The van der Waals surface area contributed by atoms with Crippen LogP contribution >= 0.6 is 0 Å². The molecular weight excluding hydrogens is 336 g/mol. The second-order valence-corrected chi connectivity index (χ2v) is 6.40. The van der Waals surface area contributed by atoms with E-state index in [1.54, 1.807) is 48.3 Å². The number of nitrogens with zero attached hydrogens (tertiary/aromatic N) is 1.